The number of benzene rings is 3. The molecule has 1 amide bonds. The molecule has 5 aromatic rings. The summed E-state index contributed by atoms with van der Waals surface area (Å²) in [7, 11) is 0. The Bertz CT molecular complexity index is 1490. The Morgan fingerprint density at radius 3 is 2.50 bits per heavy atom. The number of nitrogens with zero attached hydrogens (tertiary/aromatic N) is 3. The van der Waals surface area contributed by atoms with Crippen molar-refractivity contribution in [3.8, 4) is 17.2 Å². The molecule has 0 aliphatic rings. The van der Waals surface area contributed by atoms with Gasteiger partial charge in [0.25, 0.3) is 5.91 Å². The molecule has 0 fully saturated rings. The molecule has 0 aliphatic heterocycles. The molecule has 2 heterocycles. The zero-order valence-electron chi connectivity index (χ0n) is 19.3. The van der Waals surface area contributed by atoms with Crippen molar-refractivity contribution in [3.05, 3.63) is 114 Å². The first-order valence-electron chi connectivity index (χ1n) is 11.4. The van der Waals surface area contributed by atoms with E-state index in [9.17, 15) is 4.79 Å². The molecule has 0 atom stereocenters. The molecule has 1 N–H and O–H groups in total. The number of imidazole rings is 1. The molecule has 0 spiro atoms. The van der Waals surface area contributed by atoms with Gasteiger partial charge in [-0.1, -0.05) is 29.8 Å². The largest absolute Gasteiger partial charge is 0.490 e. The van der Waals surface area contributed by atoms with Gasteiger partial charge in [-0.3, -0.25) is 14.3 Å². The molecule has 0 radical (unpaired) electrons. The summed E-state index contributed by atoms with van der Waals surface area (Å²) < 4.78 is 13.5. The minimum atomic E-state index is -0.161. The lowest BCUT2D eigenvalue weighted by Crippen LogP contribution is -2.22. The van der Waals surface area contributed by atoms with E-state index in [-0.39, 0.29) is 5.91 Å². The Labute approximate surface area is 213 Å². The van der Waals surface area contributed by atoms with E-state index in [1.54, 1.807) is 43.0 Å². The third-order valence-corrected chi connectivity index (χ3v) is 5.73. The second-order valence-corrected chi connectivity index (χ2v) is 8.45. The molecule has 0 unspecified atom stereocenters. The van der Waals surface area contributed by atoms with Gasteiger partial charge in [-0.15, -0.1) is 0 Å². The summed E-state index contributed by atoms with van der Waals surface area (Å²) >= 11 is 5.98. The first-order chi connectivity index (χ1) is 17.7. The van der Waals surface area contributed by atoms with Crippen molar-refractivity contribution >= 4 is 28.5 Å². The van der Waals surface area contributed by atoms with Crippen LogP contribution in [0.1, 0.15) is 15.9 Å². The predicted molar refractivity (Wildman–Crippen MR) is 139 cm³/mol. The van der Waals surface area contributed by atoms with E-state index in [1.807, 2.05) is 59.2 Å². The molecular formula is C28H23ClN4O3. The van der Waals surface area contributed by atoms with Crippen LogP contribution in [0.4, 0.5) is 0 Å². The van der Waals surface area contributed by atoms with Gasteiger partial charge in [0.05, 0.1) is 16.7 Å². The minimum Gasteiger partial charge on any atom is -0.490 e. The van der Waals surface area contributed by atoms with Crippen molar-refractivity contribution in [2.45, 2.75) is 6.54 Å². The van der Waals surface area contributed by atoms with Crippen molar-refractivity contribution in [3.63, 3.8) is 0 Å². The van der Waals surface area contributed by atoms with Crippen LogP contribution >= 0.6 is 11.6 Å². The second kappa shape index (κ2) is 10.9. The Morgan fingerprint density at radius 1 is 0.917 bits per heavy atom. The number of pyridine rings is 1. The maximum atomic E-state index is 12.6. The number of fused-ring (bicyclic) bond motifs is 1. The van der Waals surface area contributed by atoms with Crippen LogP contribution in [0.25, 0.3) is 16.7 Å². The Balaban J connectivity index is 1.23. The lowest BCUT2D eigenvalue weighted by atomic mass is 10.1. The maximum absolute atomic E-state index is 12.6. The van der Waals surface area contributed by atoms with Gasteiger partial charge >= 0.3 is 0 Å². The zero-order valence-corrected chi connectivity index (χ0v) is 20.1. The smallest absolute Gasteiger partial charge is 0.251 e. The van der Waals surface area contributed by atoms with Gasteiger partial charge in [-0.05, 0) is 60.2 Å². The summed E-state index contributed by atoms with van der Waals surface area (Å²) in [6, 6.07) is 24.2. The monoisotopic (exact) mass is 498 g/mol. The number of aromatic nitrogens is 3. The quantitative estimate of drug-likeness (QED) is 0.273. The Kier molecular flexibility index (Phi) is 7.10. The average Bonchev–Trinajstić information content (AvgIpc) is 3.34. The number of carbonyl (C=O) groups excluding carboxylic acids is 1. The molecule has 2 aromatic heterocycles. The lowest BCUT2D eigenvalue weighted by molar-refractivity contribution is 0.0951. The average molecular weight is 499 g/mol. The second-order valence-electron chi connectivity index (χ2n) is 8.01. The molecule has 0 aliphatic carbocycles. The maximum Gasteiger partial charge on any atom is 0.251 e. The van der Waals surface area contributed by atoms with Crippen molar-refractivity contribution in [2.75, 3.05) is 13.2 Å². The van der Waals surface area contributed by atoms with Gasteiger partial charge in [-0.25, -0.2) is 4.98 Å². The zero-order chi connectivity index (χ0) is 24.7. The molecule has 0 saturated heterocycles. The number of hydrogen-bond acceptors (Lipinski definition) is 5. The summed E-state index contributed by atoms with van der Waals surface area (Å²) in [5, 5.41) is 3.55. The van der Waals surface area contributed by atoms with Crippen LogP contribution in [0.3, 0.4) is 0 Å². The highest BCUT2D eigenvalue weighted by atomic mass is 35.5. The van der Waals surface area contributed by atoms with Gasteiger partial charge < -0.3 is 14.8 Å². The highest BCUT2D eigenvalue weighted by Gasteiger charge is 2.11. The van der Waals surface area contributed by atoms with Crippen LogP contribution in [0.5, 0.6) is 11.5 Å². The van der Waals surface area contributed by atoms with Gasteiger partial charge in [0.1, 0.15) is 31.0 Å². The van der Waals surface area contributed by atoms with Gasteiger partial charge in [-0.2, -0.15) is 0 Å². The topological polar surface area (TPSA) is 78.3 Å². The fraction of sp³-hybridized carbons (Fsp3) is 0.107. The van der Waals surface area contributed by atoms with E-state index in [0.29, 0.717) is 36.1 Å². The molecule has 36 heavy (non-hydrogen) atoms. The molecule has 0 saturated carbocycles. The normalized spacial score (nSPS) is 10.8. The van der Waals surface area contributed by atoms with Gasteiger partial charge in [0, 0.05) is 35.6 Å². The van der Waals surface area contributed by atoms with E-state index in [2.05, 4.69) is 15.3 Å². The van der Waals surface area contributed by atoms with Gasteiger partial charge in [0.15, 0.2) is 0 Å². The number of ether oxygens (including phenoxy) is 2. The molecule has 7 nitrogen and oxygen atoms in total. The number of amides is 1. The van der Waals surface area contributed by atoms with E-state index in [4.69, 9.17) is 21.1 Å². The Hall–Kier alpha value is -4.36. The van der Waals surface area contributed by atoms with Crippen LogP contribution in [0.2, 0.25) is 5.02 Å². The predicted octanol–water partition coefficient (Wildman–Crippen LogP) is 5.46. The fourth-order valence-electron chi connectivity index (χ4n) is 3.75. The van der Waals surface area contributed by atoms with Crippen LogP contribution in [-0.2, 0) is 6.54 Å². The Morgan fingerprint density at radius 2 is 1.72 bits per heavy atom. The first kappa shape index (κ1) is 23.4. The summed E-state index contributed by atoms with van der Waals surface area (Å²) in [6.45, 7) is 1.19. The number of carbonyl (C=O) groups is 1. The van der Waals surface area contributed by atoms with E-state index in [1.165, 1.54) is 0 Å². The van der Waals surface area contributed by atoms with Crippen LogP contribution in [0, 0.1) is 0 Å². The van der Waals surface area contributed by atoms with Crippen molar-refractivity contribution in [1.82, 2.24) is 19.9 Å². The molecular weight excluding hydrogens is 476 g/mol. The van der Waals surface area contributed by atoms with Crippen LogP contribution < -0.4 is 14.8 Å². The number of halogens is 1. The van der Waals surface area contributed by atoms with E-state index >= 15 is 0 Å². The summed E-state index contributed by atoms with van der Waals surface area (Å²) in [4.78, 5) is 21.2. The van der Waals surface area contributed by atoms with Crippen LogP contribution in [-0.4, -0.2) is 33.7 Å². The molecule has 3 aromatic carbocycles. The van der Waals surface area contributed by atoms with Gasteiger partial charge in [0.2, 0.25) is 0 Å². The highest BCUT2D eigenvalue weighted by Crippen LogP contribution is 2.23. The molecule has 8 heteroatoms. The molecule has 0 bridgehead atoms. The van der Waals surface area contributed by atoms with E-state index in [0.717, 1.165) is 28.0 Å². The standard InChI is InChI=1S/C28H23ClN4O3/c29-22-5-1-7-24(15-22)35-12-13-36-25-8-2-6-23(16-25)33-19-32-26-14-21(9-10-27(26)33)28(34)31-18-20-4-3-11-30-17-20/h1-11,14-17,19H,12-13,18H2,(H,31,34). The van der Waals surface area contributed by atoms with Crippen molar-refractivity contribution in [1.29, 1.82) is 0 Å². The summed E-state index contributed by atoms with van der Waals surface area (Å²) in [5.74, 6) is 1.26. The third kappa shape index (κ3) is 5.64. The minimum absolute atomic E-state index is 0.161. The van der Waals surface area contributed by atoms with Crippen LogP contribution in [0.15, 0.2) is 97.6 Å². The first-order valence-corrected chi connectivity index (χ1v) is 11.8. The lowest BCUT2D eigenvalue weighted by Gasteiger charge is -2.11. The number of hydrogen-bond donors (Lipinski definition) is 1. The van der Waals surface area contributed by atoms with Crippen molar-refractivity contribution in [2.24, 2.45) is 0 Å². The van der Waals surface area contributed by atoms with Crippen molar-refractivity contribution < 1.29 is 14.3 Å². The third-order valence-electron chi connectivity index (χ3n) is 5.50. The molecule has 180 valence electrons. The fourth-order valence-corrected chi connectivity index (χ4v) is 3.93. The summed E-state index contributed by atoms with van der Waals surface area (Å²) in [5.41, 5.74) is 4.01. The summed E-state index contributed by atoms with van der Waals surface area (Å²) in [6.07, 6.45) is 5.17. The number of rotatable bonds is 9. The van der Waals surface area contributed by atoms with E-state index < -0.39 is 0 Å². The highest BCUT2D eigenvalue weighted by molar-refractivity contribution is 6.30. The molecule has 5 rings (SSSR count). The SMILES string of the molecule is O=C(NCc1cccnc1)c1ccc2c(c1)ncn2-c1cccc(OCCOc2cccc(Cl)c2)c1. The number of nitrogens with one attached hydrogen (secondary N) is 1.